The number of carbonyl (C=O) groups excluding carboxylic acids is 2. The summed E-state index contributed by atoms with van der Waals surface area (Å²) in [6.45, 7) is 5.20. The number of likely N-dealkylation sites (N-methyl/N-ethyl adjacent to an activating group) is 1. The zero-order valence-corrected chi connectivity index (χ0v) is 14.1. The number of anilines is 1. The number of nitrogens with zero attached hydrogens (tertiary/aromatic N) is 3. The van der Waals surface area contributed by atoms with Crippen LogP contribution in [0.15, 0.2) is 34.2 Å². The number of morpholine rings is 1. The molecule has 0 saturated carbocycles. The summed E-state index contributed by atoms with van der Waals surface area (Å²) in [5, 5.41) is 0.672. The highest BCUT2D eigenvalue weighted by molar-refractivity contribution is 8.18. The van der Waals surface area contributed by atoms with Gasteiger partial charge in [-0.2, -0.15) is 4.99 Å². The first kappa shape index (κ1) is 15.4. The van der Waals surface area contributed by atoms with Crippen molar-refractivity contribution < 1.29 is 14.3 Å². The van der Waals surface area contributed by atoms with Gasteiger partial charge in [0.15, 0.2) is 5.17 Å². The highest BCUT2D eigenvalue weighted by Gasteiger charge is 2.38. The number of rotatable bonds is 1. The van der Waals surface area contributed by atoms with Crippen LogP contribution in [-0.2, 0) is 14.3 Å². The number of aliphatic imine (C=N–C) groups is 1. The molecule has 124 valence electrons. The van der Waals surface area contributed by atoms with E-state index in [9.17, 15) is 9.59 Å². The second kappa shape index (κ2) is 6.07. The van der Waals surface area contributed by atoms with Crippen LogP contribution in [0, 0.1) is 0 Å². The van der Waals surface area contributed by atoms with Crippen LogP contribution in [0.25, 0.3) is 5.57 Å². The number of amidine groups is 1. The third kappa shape index (κ3) is 2.35. The number of carbonyl (C=O) groups is 2. The molecule has 4 rings (SSSR count). The van der Waals surface area contributed by atoms with E-state index in [-0.39, 0.29) is 11.8 Å². The summed E-state index contributed by atoms with van der Waals surface area (Å²) in [5.41, 5.74) is 2.16. The average Bonchev–Trinajstić information content (AvgIpc) is 3.12. The molecule has 3 aliphatic rings. The van der Waals surface area contributed by atoms with E-state index in [1.807, 2.05) is 36.1 Å². The predicted molar refractivity (Wildman–Crippen MR) is 93.8 cm³/mol. The Hall–Kier alpha value is -2.12. The zero-order valence-electron chi connectivity index (χ0n) is 13.3. The molecule has 2 amide bonds. The van der Waals surface area contributed by atoms with Crippen molar-refractivity contribution in [3.05, 3.63) is 34.7 Å². The lowest BCUT2D eigenvalue weighted by molar-refractivity contribution is -0.115. The highest BCUT2D eigenvalue weighted by atomic mass is 32.2. The van der Waals surface area contributed by atoms with E-state index in [2.05, 4.69) is 4.99 Å². The first-order chi connectivity index (χ1) is 11.7. The summed E-state index contributed by atoms with van der Waals surface area (Å²) in [6.07, 6.45) is 0. The summed E-state index contributed by atoms with van der Waals surface area (Å²) < 4.78 is 5.34. The Kier molecular flexibility index (Phi) is 3.90. The predicted octanol–water partition coefficient (Wildman–Crippen LogP) is 1.73. The average molecular weight is 343 g/mol. The van der Waals surface area contributed by atoms with Crippen molar-refractivity contribution in [1.82, 2.24) is 4.90 Å². The van der Waals surface area contributed by atoms with Gasteiger partial charge in [-0.3, -0.25) is 9.59 Å². The van der Waals surface area contributed by atoms with Crippen LogP contribution in [0.3, 0.4) is 0 Å². The maximum Gasteiger partial charge on any atom is 0.287 e. The van der Waals surface area contributed by atoms with E-state index >= 15 is 0 Å². The van der Waals surface area contributed by atoms with Crippen LogP contribution in [0.2, 0.25) is 0 Å². The largest absolute Gasteiger partial charge is 0.378 e. The summed E-state index contributed by atoms with van der Waals surface area (Å²) in [7, 11) is 0. The van der Waals surface area contributed by atoms with Gasteiger partial charge in [-0.05, 0) is 24.8 Å². The van der Waals surface area contributed by atoms with Crippen molar-refractivity contribution >= 4 is 40.0 Å². The summed E-state index contributed by atoms with van der Waals surface area (Å²) >= 11 is 1.31. The molecule has 0 unspecified atom stereocenters. The fourth-order valence-electron chi connectivity index (χ4n) is 3.16. The fraction of sp³-hybridized carbons (Fsp3) is 0.353. The highest BCUT2D eigenvalue weighted by Crippen LogP contribution is 2.43. The van der Waals surface area contributed by atoms with E-state index < -0.39 is 0 Å². The van der Waals surface area contributed by atoms with Gasteiger partial charge >= 0.3 is 0 Å². The lowest BCUT2D eigenvalue weighted by Gasteiger charge is -2.27. The maximum atomic E-state index is 12.8. The summed E-state index contributed by atoms with van der Waals surface area (Å²) in [6, 6.07) is 7.60. The van der Waals surface area contributed by atoms with Gasteiger partial charge in [-0.25, -0.2) is 0 Å². The van der Waals surface area contributed by atoms with Crippen molar-refractivity contribution in [2.45, 2.75) is 6.92 Å². The summed E-state index contributed by atoms with van der Waals surface area (Å²) in [5.74, 6) is -0.439. The van der Waals surface area contributed by atoms with Crippen molar-refractivity contribution in [2.75, 3.05) is 37.7 Å². The quantitative estimate of drug-likeness (QED) is 0.727. The zero-order chi connectivity index (χ0) is 16.7. The lowest BCUT2D eigenvalue weighted by Crippen LogP contribution is -2.38. The fourth-order valence-corrected chi connectivity index (χ4v) is 4.21. The third-order valence-electron chi connectivity index (χ3n) is 4.33. The number of hydrogen-bond acceptors (Lipinski definition) is 5. The van der Waals surface area contributed by atoms with E-state index in [1.165, 1.54) is 11.8 Å². The minimum atomic E-state index is -0.322. The van der Waals surface area contributed by atoms with Gasteiger partial charge in [0.05, 0.1) is 29.4 Å². The van der Waals surface area contributed by atoms with Crippen molar-refractivity contribution in [3.63, 3.8) is 0 Å². The Balaban J connectivity index is 1.72. The van der Waals surface area contributed by atoms with Crippen LogP contribution < -0.4 is 4.90 Å². The Bertz CT molecular complexity index is 781. The Morgan fingerprint density at radius 3 is 2.71 bits per heavy atom. The second-order valence-electron chi connectivity index (χ2n) is 5.67. The Morgan fingerprint density at radius 1 is 1.21 bits per heavy atom. The SMILES string of the molecule is CCN1C(=O)C(=C2SC(N3CCOCC3)=NC2=O)c2ccccc21. The lowest BCUT2D eigenvalue weighted by atomic mass is 10.1. The van der Waals surface area contributed by atoms with Crippen molar-refractivity contribution in [1.29, 1.82) is 0 Å². The molecule has 0 aromatic heterocycles. The van der Waals surface area contributed by atoms with E-state index in [4.69, 9.17) is 4.74 Å². The minimum absolute atomic E-state index is 0.118. The molecule has 0 radical (unpaired) electrons. The molecule has 7 heteroatoms. The van der Waals surface area contributed by atoms with Crippen LogP contribution in [-0.4, -0.2) is 54.7 Å². The molecule has 24 heavy (non-hydrogen) atoms. The van der Waals surface area contributed by atoms with E-state index in [0.29, 0.717) is 48.5 Å². The number of para-hydroxylation sites is 1. The molecule has 3 aliphatic heterocycles. The number of benzene rings is 1. The minimum Gasteiger partial charge on any atom is -0.378 e. The molecule has 0 spiro atoms. The smallest absolute Gasteiger partial charge is 0.287 e. The van der Waals surface area contributed by atoms with Gasteiger partial charge < -0.3 is 14.5 Å². The molecule has 1 fully saturated rings. The first-order valence-electron chi connectivity index (χ1n) is 8.00. The molecule has 1 saturated heterocycles. The number of hydrogen-bond donors (Lipinski definition) is 0. The monoisotopic (exact) mass is 343 g/mol. The Labute approximate surface area is 144 Å². The van der Waals surface area contributed by atoms with E-state index in [0.717, 1.165) is 11.3 Å². The topological polar surface area (TPSA) is 62.2 Å². The molecule has 0 aliphatic carbocycles. The van der Waals surface area contributed by atoms with Gasteiger partial charge in [0, 0.05) is 25.2 Å². The molecular formula is C17H17N3O3S. The number of ether oxygens (including phenoxy) is 1. The molecular weight excluding hydrogens is 326 g/mol. The summed E-state index contributed by atoms with van der Waals surface area (Å²) in [4.78, 5) is 33.7. The molecule has 0 bridgehead atoms. The van der Waals surface area contributed by atoms with Gasteiger partial charge in [0.25, 0.3) is 11.8 Å². The first-order valence-corrected chi connectivity index (χ1v) is 8.81. The van der Waals surface area contributed by atoms with Crippen molar-refractivity contribution in [2.24, 2.45) is 4.99 Å². The number of fused-ring (bicyclic) bond motifs is 1. The number of thioether (sulfide) groups is 1. The third-order valence-corrected chi connectivity index (χ3v) is 5.45. The molecule has 1 aromatic rings. The van der Waals surface area contributed by atoms with Gasteiger partial charge in [0.2, 0.25) is 0 Å². The number of amides is 2. The standard InChI is InChI=1S/C17H17N3O3S/c1-2-20-12-6-4-3-5-11(12)13(16(20)22)14-15(21)18-17(24-14)19-7-9-23-10-8-19/h3-6H,2,7-10H2,1H3. The Morgan fingerprint density at radius 2 is 1.96 bits per heavy atom. The van der Waals surface area contributed by atoms with Crippen LogP contribution in [0.4, 0.5) is 5.69 Å². The molecule has 1 aromatic carbocycles. The van der Waals surface area contributed by atoms with E-state index in [1.54, 1.807) is 4.90 Å². The normalized spacial score (nSPS) is 23.8. The van der Waals surface area contributed by atoms with Gasteiger partial charge in [-0.1, -0.05) is 18.2 Å². The van der Waals surface area contributed by atoms with Crippen LogP contribution >= 0.6 is 11.8 Å². The van der Waals surface area contributed by atoms with Crippen LogP contribution in [0.1, 0.15) is 12.5 Å². The van der Waals surface area contributed by atoms with Gasteiger partial charge in [0.1, 0.15) is 0 Å². The van der Waals surface area contributed by atoms with Gasteiger partial charge in [-0.15, -0.1) is 0 Å². The maximum absolute atomic E-state index is 12.8. The van der Waals surface area contributed by atoms with Crippen LogP contribution in [0.5, 0.6) is 0 Å². The molecule has 0 atom stereocenters. The molecule has 0 N–H and O–H groups in total. The molecule has 6 nitrogen and oxygen atoms in total. The molecule has 3 heterocycles. The van der Waals surface area contributed by atoms with Crippen molar-refractivity contribution in [3.8, 4) is 0 Å². The second-order valence-corrected chi connectivity index (χ2v) is 6.65.